The molecule has 0 spiro atoms. The van der Waals surface area contributed by atoms with Crippen molar-refractivity contribution in [1.82, 2.24) is 15.2 Å². The fraction of sp³-hybridized carbons (Fsp3) is 0.200. The number of carbonyl (C=O) groups is 3. The molecule has 0 bridgehead atoms. The Balaban J connectivity index is 1.63. The Morgan fingerprint density at radius 1 is 1.38 bits per heavy atom. The van der Waals surface area contributed by atoms with Crippen LogP contribution in [0.1, 0.15) is 12.0 Å². The summed E-state index contributed by atoms with van der Waals surface area (Å²) >= 11 is 7.33. The molecule has 124 valence electrons. The molecule has 9 heteroatoms. The first kappa shape index (κ1) is 16.4. The molecular formula is C15H13ClN4O3S. The zero-order valence-corrected chi connectivity index (χ0v) is 13.9. The molecule has 1 aromatic carbocycles. The molecule has 7 nitrogen and oxygen atoms in total. The zero-order valence-electron chi connectivity index (χ0n) is 12.4. The number of nitrogens with one attached hydrogen (secondary N) is 2. The van der Waals surface area contributed by atoms with E-state index in [0.29, 0.717) is 15.7 Å². The molecule has 1 fully saturated rings. The molecule has 24 heavy (non-hydrogen) atoms. The molecule has 2 aromatic rings. The number of urea groups is 1. The van der Waals surface area contributed by atoms with Crippen LogP contribution in [0.25, 0.3) is 0 Å². The monoisotopic (exact) mass is 364 g/mol. The van der Waals surface area contributed by atoms with Gasteiger partial charge in [0.15, 0.2) is 5.13 Å². The van der Waals surface area contributed by atoms with Crippen molar-refractivity contribution in [2.24, 2.45) is 0 Å². The van der Waals surface area contributed by atoms with Gasteiger partial charge in [0.05, 0.1) is 13.0 Å². The number of carbonyl (C=O) groups excluding carboxylic acids is 3. The number of benzene rings is 1. The van der Waals surface area contributed by atoms with E-state index < -0.39 is 18.0 Å². The summed E-state index contributed by atoms with van der Waals surface area (Å²) in [4.78, 5) is 41.3. The summed E-state index contributed by atoms with van der Waals surface area (Å²) in [5.74, 6) is -0.836. The van der Waals surface area contributed by atoms with Gasteiger partial charge in [0.1, 0.15) is 6.04 Å². The summed E-state index contributed by atoms with van der Waals surface area (Å²) in [5.41, 5.74) is 0.663. The Morgan fingerprint density at radius 2 is 2.17 bits per heavy atom. The van der Waals surface area contributed by atoms with Gasteiger partial charge in [-0.1, -0.05) is 29.8 Å². The SMILES string of the molecule is O=C(C[C@@H]1NC(=O)N(Cc2ccccc2Cl)C1=O)Nc1nccs1. The molecule has 4 amide bonds. The van der Waals surface area contributed by atoms with Gasteiger partial charge in [0.2, 0.25) is 5.91 Å². The minimum Gasteiger partial charge on any atom is -0.325 e. The highest BCUT2D eigenvalue weighted by atomic mass is 35.5. The Kier molecular flexibility index (Phi) is 4.77. The van der Waals surface area contributed by atoms with Crippen LogP contribution >= 0.6 is 22.9 Å². The van der Waals surface area contributed by atoms with Gasteiger partial charge in [-0.25, -0.2) is 9.78 Å². The first-order valence-corrected chi connectivity index (χ1v) is 8.35. The number of aromatic nitrogens is 1. The van der Waals surface area contributed by atoms with Crippen LogP contribution in [0.2, 0.25) is 5.02 Å². The van der Waals surface area contributed by atoms with E-state index in [0.717, 1.165) is 4.90 Å². The smallest absolute Gasteiger partial charge is 0.325 e. The van der Waals surface area contributed by atoms with Crippen LogP contribution < -0.4 is 10.6 Å². The second-order valence-electron chi connectivity index (χ2n) is 5.11. The summed E-state index contributed by atoms with van der Waals surface area (Å²) in [5, 5.41) is 7.75. The average molecular weight is 365 g/mol. The second kappa shape index (κ2) is 6.98. The molecule has 2 N–H and O–H groups in total. The highest BCUT2D eigenvalue weighted by Crippen LogP contribution is 2.20. The molecule has 1 saturated heterocycles. The zero-order chi connectivity index (χ0) is 17.1. The molecule has 1 aromatic heterocycles. The number of amides is 4. The molecule has 2 heterocycles. The largest absolute Gasteiger partial charge is 0.325 e. The molecule has 1 atom stereocenters. The van der Waals surface area contributed by atoms with Gasteiger partial charge in [-0.05, 0) is 11.6 Å². The van der Waals surface area contributed by atoms with E-state index in [1.807, 2.05) is 0 Å². The van der Waals surface area contributed by atoms with Crippen molar-refractivity contribution in [2.45, 2.75) is 19.0 Å². The molecule has 0 saturated carbocycles. The van der Waals surface area contributed by atoms with Gasteiger partial charge < -0.3 is 10.6 Å². The van der Waals surface area contributed by atoms with Crippen molar-refractivity contribution in [1.29, 1.82) is 0 Å². The number of hydrogen-bond acceptors (Lipinski definition) is 5. The molecule has 3 rings (SSSR count). The van der Waals surface area contributed by atoms with Crippen LogP contribution in [-0.2, 0) is 16.1 Å². The number of imide groups is 1. The van der Waals surface area contributed by atoms with E-state index in [1.165, 1.54) is 11.3 Å². The Labute approximate surface area is 146 Å². The normalized spacial score (nSPS) is 17.0. The molecular weight excluding hydrogens is 352 g/mol. The lowest BCUT2D eigenvalue weighted by molar-refractivity contribution is -0.130. The maximum absolute atomic E-state index is 12.4. The molecule has 1 aliphatic rings. The van der Waals surface area contributed by atoms with Gasteiger partial charge >= 0.3 is 6.03 Å². The maximum Gasteiger partial charge on any atom is 0.325 e. The molecule has 0 aliphatic carbocycles. The van der Waals surface area contributed by atoms with Gasteiger partial charge in [-0.2, -0.15) is 0 Å². The Hall–Kier alpha value is -2.45. The van der Waals surface area contributed by atoms with Crippen LogP contribution in [0.15, 0.2) is 35.8 Å². The Morgan fingerprint density at radius 3 is 2.88 bits per heavy atom. The number of rotatable bonds is 5. The molecule has 0 unspecified atom stereocenters. The lowest BCUT2D eigenvalue weighted by Gasteiger charge is -2.14. The lowest BCUT2D eigenvalue weighted by atomic mass is 10.1. The van der Waals surface area contributed by atoms with Crippen LogP contribution in [0, 0.1) is 0 Å². The van der Waals surface area contributed by atoms with Crippen molar-refractivity contribution in [2.75, 3.05) is 5.32 Å². The summed E-state index contributed by atoms with van der Waals surface area (Å²) in [6, 6.07) is 5.55. The van der Waals surface area contributed by atoms with Crippen molar-refractivity contribution < 1.29 is 14.4 Å². The average Bonchev–Trinajstić information content (AvgIpc) is 3.13. The standard InChI is InChI=1S/C15H13ClN4O3S/c16-10-4-2-1-3-9(10)8-20-13(22)11(18-15(20)23)7-12(21)19-14-17-5-6-24-14/h1-6,11H,7-8H2,(H,18,23)(H,17,19,21)/t11-/m0/s1. The first-order valence-electron chi connectivity index (χ1n) is 7.09. The number of nitrogens with zero attached hydrogens (tertiary/aromatic N) is 2. The Bertz CT molecular complexity index is 781. The van der Waals surface area contributed by atoms with Crippen LogP contribution in [0.3, 0.4) is 0 Å². The van der Waals surface area contributed by atoms with E-state index in [1.54, 1.807) is 35.8 Å². The van der Waals surface area contributed by atoms with Gasteiger partial charge in [0, 0.05) is 16.6 Å². The topological polar surface area (TPSA) is 91.4 Å². The van der Waals surface area contributed by atoms with Crippen LogP contribution in [0.5, 0.6) is 0 Å². The minimum atomic E-state index is -0.889. The van der Waals surface area contributed by atoms with E-state index in [9.17, 15) is 14.4 Å². The minimum absolute atomic E-state index is 0.0644. The third kappa shape index (κ3) is 3.55. The molecule has 0 radical (unpaired) electrons. The van der Waals surface area contributed by atoms with Gasteiger partial charge in [-0.15, -0.1) is 11.3 Å². The van der Waals surface area contributed by atoms with E-state index in [2.05, 4.69) is 15.6 Å². The van der Waals surface area contributed by atoms with E-state index in [4.69, 9.17) is 11.6 Å². The number of halogens is 1. The summed E-state index contributed by atoms with van der Waals surface area (Å²) in [6.07, 6.45) is 1.41. The number of anilines is 1. The lowest BCUT2D eigenvalue weighted by Crippen LogP contribution is -2.34. The predicted molar refractivity (Wildman–Crippen MR) is 89.7 cm³/mol. The van der Waals surface area contributed by atoms with Crippen molar-refractivity contribution >= 4 is 45.9 Å². The fourth-order valence-corrected chi connectivity index (χ4v) is 3.04. The summed E-state index contributed by atoms with van der Waals surface area (Å²) < 4.78 is 0. The van der Waals surface area contributed by atoms with E-state index >= 15 is 0 Å². The fourth-order valence-electron chi connectivity index (χ4n) is 2.30. The first-order chi connectivity index (χ1) is 11.5. The quantitative estimate of drug-likeness (QED) is 0.796. The molecule has 1 aliphatic heterocycles. The highest BCUT2D eigenvalue weighted by Gasteiger charge is 2.39. The van der Waals surface area contributed by atoms with E-state index in [-0.39, 0.29) is 18.9 Å². The number of hydrogen-bond donors (Lipinski definition) is 2. The number of thiazole rings is 1. The predicted octanol–water partition coefficient (Wildman–Crippen LogP) is 2.25. The third-order valence-corrected chi connectivity index (χ3v) is 4.52. The van der Waals surface area contributed by atoms with Crippen molar-refractivity contribution in [3.05, 3.63) is 46.4 Å². The highest BCUT2D eigenvalue weighted by molar-refractivity contribution is 7.13. The van der Waals surface area contributed by atoms with Gasteiger partial charge in [-0.3, -0.25) is 14.5 Å². The second-order valence-corrected chi connectivity index (χ2v) is 6.41. The summed E-state index contributed by atoms with van der Waals surface area (Å²) in [6.45, 7) is 0.0644. The van der Waals surface area contributed by atoms with Crippen molar-refractivity contribution in [3.63, 3.8) is 0 Å². The van der Waals surface area contributed by atoms with Crippen LogP contribution in [-0.4, -0.2) is 33.8 Å². The summed E-state index contributed by atoms with van der Waals surface area (Å²) in [7, 11) is 0. The maximum atomic E-state index is 12.4. The van der Waals surface area contributed by atoms with Crippen LogP contribution in [0.4, 0.5) is 9.93 Å². The van der Waals surface area contributed by atoms with Gasteiger partial charge in [0.25, 0.3) is 5.91 Å². The van der Waals surface area contributed by atoms with Crippen molar-refractivity contribution in [3.8, 4) is 0 Å². The third-order valence-electron chi connectivity index (χ3n) is 3.46.